The van der Waals surface area contributed by atoms with Gasteiger partial charge in [0.05, 0.1) is 0 Å². The standard InChI is InChI=1S/C10H11N.C8H10O.C8H10.C6H15N.C5H10O2.2C5H12.C4H10S.C4H10.C3H8O.C2H6/c1-2-8-7-11-10-6-4-3-5-9(8)10;1-2-7-3-5-8(9)6-4-7;1-2-8-6-4-3-5-7-8;1-2-3-4-5-6-7;1-2-3-4-5(6)7;2*1-4-5(2)3;1-3-4-5-2;1-4(2)3;1-2-3-4;1-2/h3-7,11H,2H2,1H3;3-6,9H,2H2,1H3;3-7H,2H2,1H3;2-7H2,1H3;2-4H2,1H3,(H,6,7);2*5H,4H2,1-3H3;3-4H2,1-2H3;4H,1-3H3;4H,2-3H2,1H3;1-2H3. The van der Waals surface area contributed by atoms with Gasteiger partial charge in [0.15, 0.2) is 0 Å². The fourth-order valence-corrected chi connectivity index (χ4v) is 4.38. The van der Waals surface area contributed by atoms with Crippen molar-refractivity contribution in [3.63, 3.8) is 0 Å². The summed E-state index contributed by atoms with van der Waals surface area (Å²) in [4.78, 5) is 13.0. The van der Waals surface area contributed by atoms with Crippen LogP contribution in [0.25, 0.3) is 10.9 Å². The number of carbonyl (C=O) groups is 1. The molecule has 0 bridgehead atoms. The third-order valence-electron chi connectivity index (χ3n) is 8.72. The maximum atomic E-state index is 9.76. The number of para-hydroxylation sites is 1. The summed E-state index contributed by atoms with van der Waals surface area (Å²) in [5.74, 6) is 3.55. The van der Waals surface area contributed by atoms with Crippen molar-refractivity contribution >= 4 is 28.6 Å². The van der Waals surface area contributed by atoms with E-state index in [2.05, 4.69) is 163 Å². The maximum Gasteiger partial charge on any atom is 0.303 e. The lowest BCUT2D eigenvalue weighted by Crippen LogP contribution is -1.97. The molecule has 394 valence electrons. The molecule has 0 fully saturated rings. The molecule has 0 unspecified atom stereocenters. The number of H-pyrrole nitrogens is 1. The normalized spacial score (nSPS) is 9.13. The van der Waals surface area contributed by atoms with E-state index in [0.717, 1.165) is 62.8 Å². The van der Waals surface area contributed by atoms with Crippen LogP contribution >= 0.6 is 11.8 Å². The summed E-state index contributed by atoms with van der Waals surface area (Å²) in [6, 6.07) is 26.1. The molecular weight excluding hydrogens is 845 g/mol. The van der Waals surface area contributed by atoms with Gasteiger partial charge >= 0.3 is 5.97 Å². The highest BCUT2D eigenvalue weighted by molar-refractivity contribution is 7.98. The third kappa shape index (κ3) is 74.5. The number of thioether (sulfide) groups is 1. The summed E-state index contributed by atoms with van der Waals surface area (Å²) in [6.07, 6.45) is 19.5. The third-order valence-corrected chi connectivity index (χ3v) is 9.53. The number of nitrogens with one attached hydrogen (secondary N) is 1. The summed E-state index contributed by atoms with van der Waals surface area (Å²) in [7, 11) is 0. The quantitative estimate of drug-likeness (QED) is 0.0757. The van der Waals surface area contributed by atoms with Gasteiger partial charge in [0.2, 0.25) is 0 Å². The molecule has 0 spiro atoms. The molecule has 1 heterocycles. The topological polar surface area (TPSA) is 120 Å². The van der Waals surface area contributed by atoms with Gasteiger partial charge in [0.1, 0.15) is 5.75 Å². The highest BCUT2D eigenvalue weighted by Gasteiger charge is 1.98. The summed E-state index contributed by atoms with van der Waals surface area (Å²) in [5, 5.41) is 26.1. The minimum atomic E-state index is -0.693. The number of benzene rings is 3. The van der Waals surface area contributed by atoms with Crippen LogP contribution in [0, 0.1) is 17.8 Å². The average Bonchev–Trinajstić information content (AvgIpc) is 3.77. The van der Waals surface area contributed by atoms with Crippen LogP contribution < -0.4 is 5.73 Å². The lowest BCUT2D eigenvalue weighted by atomic mass is 10.1. The van der Waals surface area contributed by atoms with Crippen molar-refractivity contribution in [1.29, 1.82) is 0 Å². The van der Waals surface area contributed by atoms with Crippen LogP contribution in [0.15, 0.2) is 85.1 Å². The number of unbranched alkanes of at least 4 members (excludes halogenated alkanes) is 4. The number of nitrogens with two attached hydrogens (primary N) is 1. The SMILES string of the molecule is CC.CC(C)C.CCC(C)C.CCC(C)C.CCCCC(=O)O.CCCCCCN.CCCO.CCCSC.CCc1c[nH]c2ccccc12.CCc1ccc(O)cc1.CCc1ccccc1. The number of aromatic hydroxyl groups is 1. The lowest BCUT2D eigenvalue weighted by molar-refractivity contribution is -0.137. The number of hydrogen-bond donors (Lipinski definition) is 5. The molecule has 0 radical (unpaired) electrons. The van der Waals surface area contributed by atoms with Crippen LogP contribution in [0.5, 0.6) is 5.75 Å². The molecule has 6 N–H and O–H groups in total. The van der Waals surface area contributed by atoms with Crippen molar-refractivity contribution in [3.8, 4) is 5.75 Å². The molecular formula is C60H114N2O4S. The average molecular weight is 960 g/mol. The molecule has 4 rings (SSSR count). The van der Waals surface area contributed by atoms with Gasteiger partial charge in [-0.1, -0.05) is 224 Å². The molecule has 3 aromatic carbocycles. The molecule has 0 aliphatic rings. The van der Waals surface area contributed by atoms with E-state index in [1.807, 2.05) is 57.7 Å². The Balaban J connectivity index is -0.000000121. The van der Waals surface area contributed by atoms with Gasteiger partial charge in [-0.2, -0.15) is 11.8 Å². The fourth-order valence-electron chi connectivity index (χ4n) is 3.97. The first-order valence-corrected chi connectivity index (χ1v) is 27.7. The first-order valence-electron chi connectivity index (χ1n) is 26.3. The number of aliphatic carboxylic acids is 1. The number of phenols is 1. The highest BCUT2D eigenvalue weighted by Crippen LogP contribution is 2.17. The second-order valence-corrected chi connectivity index (χ2v) is 18.0. The van der Waals surface area contributed by atoms with Gasteiger partial charge in [0.25, 0.3) is 0 Å². The van der Waals surface area contributed by atoms with Crippen LogP contribution in [0.3, 0.4) is 0 Å². The molecule has 4 aromatic rings. The zero-order chi connectivity index (χ0) is 53.1. The first kappa shape index (κ1) is 77.9. The van der Waals surface area contributed by atoms with E-state index in [-0.39, 0.29) is 0 Å². The molecule has 0 saturated heterocycles. The Hall–Kier alpha value is -3.26. The Labute approximate surface area is 422 Å². The Morgan fingerprint density at radius 3 is 1.34 bits per heavy atom. The Kier molecular flexibility index (Phi) is 77.9. The minimum Gasteiger partial charge on any atom is -0.508 e. The Morgan fingerprint density at radius 2 is 1.04 bits per heavy atom. The van der Waals surface area contributed by atoms with Gasteiger partial charge in [-0.15, -0.1) is 0 Å². The number of phenolic OH excluding ortho intramolecular Hbond substituents is 1. The van der Waals surface area contributed by atoms with Crippen LogP contribution in [-0.2, 0) is 24.1 Å². The number of carboxylic acid groups (broad SMARTS) is 1. The van der Waals surface area contributed by atoms with Crippen molar-refractivity contribution in [2.45, 2.75) is 215 Å². The second-order valence-electron chi connectivity index (χ2n) is 17.0. The Bertz CT molecular complexity index is 1400. The van der Waals surface area contributed by atoms with Crippen LogP contribution in [0.1, 0.15) is 212 Å². The Morgan fingerprint density at radius 1 is 0.612 bits per heavy atom. The highest BCUT2D eigenvalue weighted by atomic mass is 32.2. The smallest absolute Gasteiger partial charge is 0.303 e. The van der Waals surface area contributed by atoms with E-state index in [0.29, 0.717) is 18.8 Å². The predicted octanol–water partition coefficient (Wildman–Crippen LogP) is 18.7. The summed E-state index contributed by atoms with van der Waals surface area (Å²) in [5.41, 5.74) is 10.6. The van der Waals surface area contributed by atoms with Gasteiger partial charge in [0, 0.05) is 30.1 Å². The largest absolute Gasteiger partial charge is 0.508 e. The van der Waals surface area contributed by atoms with Crippen molar-refractivity contribution in [2.24, 2.45) is 23.5 Å². The number of aliphatic hydroxyl groups excluding tert-OH is 1. The number of aliphatic hydroxyl groups is 1. The number of fused-ring (bicyclic) bond motifs is 1. The molecule has 0 atom stereocenters. The van der Waals surface area contributed by atoms with E-state index in [9.17, 15) is 4.79 Å². The monoisotopic (exact) mass is 959 g/mol. The van der Waals surface area contributed by atoms with Crippen molar-refractivity contribution in [1.82, 2.24) is 4.98 Å². The first-order chi connectivity index (χ1) is 32.0. The molecule has 1 aromatic heterocycles. The van der Waals surface area contributed by atoms with E-state index < -0.39 is 5.97 Å². The van der Waals surface area contributed by atoms with Gasteiger partial charge < -0.3 is 26.0 Å². The number of aromatic nitrogens is 1. The van der Waals surface area contributed by atoms with Crippen LogP contribution in [-0.4, -0.2) is 51.4 Å². The number of rotatable bonds is 15. The molecule has 0 amide bonds. The summed E-state index contributed by atoms with van der Waals surface area (Å²) >= 11 is 1.90. The van der Waals surface area contributed by atoms with Crippen molar-refractivity contribution in [3.05, 3.63) is 102 Å². The molecule has 6 nitrogen and oxygen atoms in total. The van der Waals surface area contributed by atoms with Gasteiger partial charge in [-0.05, 0) is 116 Å². The lowest BCUT2D eigenvalue weighted by Gasteiger charge is -1.93. The number of aryl methyl sites for hydroxylation is 3. The molecule has 67 heavy (non-hydrogen) atoms. The molecule has 7 heteroatoms. The van der Waals surface area contributed by atoms with Gasteiger partial charge in [-0.3, -0.25) is 4.79 Å². The van der Waals surface area contributed by atoms with Crippen LogP contribution in [0.4, 0.5) is 0 Å². The van der Waals surface area contributed by atoms with E-state index >= 15 is 0 Å². The second kappa shape index (κ2) is 67.0. The zero-order valence-corrected chi connectivity index (χ0v) is 48.4. The summed E-state index contributed by atoms with van der Waals surface area (Å²) in [6.45, 7) is 39.7. The van der Waals surface area contributed by atoms with E-state index in [4.69, 9.17) is 21.1 Å². The fraction of sp³-hybridized carbons (Fsp3) is 0.650. The number of hydrogen-bond acceptors (Lipinski definition) is 5. The molecule has 0 aliphatic carbocycles. The predicted molar refractivity (Wildman–Crippen MR) is 310 cm³/mol. The molecule has 0 aliphatic heterocycles. The molecule has 0 saturated carbocycles. The maximum absolute atomic E-state index is 9.76. The van der Waals surface area contributed by atoms with Gasteiger partial charge in [-0.25, -0.2) is 0 Å². The van der Waals surface area contributed by atoms with Crippen molar-refractivity contribution in [2.75, 3.05) is 25.2 Å². The minimum absolute atomic E-state index is 0.316. The number of carboxylic acids is 1. The zero-order valence-electron chi connectivity index (χ0n) is 47.6. The van der Waals surface area contributed by atoms with E-state index in [1.54, 1.807) is 12.1 Å². The van der Waals surface area contributed by atoms with Crippen molar-refractivity contribution < 1.29 is 20.1 Å². The van der Waals surface area contributed by atoms with E-state index in [1.165, 1.54) is 78.3 Å². The summed E-state index contributed by atoms with van der Waals surface area (Å²) < 4.78 is 0. The van der Waals surface area contributed by atoms with Crippen LogP contribution in [0.2, 0.25) is 0 Å². The number of aromatic amines is 1.